The summed E-state index contributed by atoms with van der Waals surface area (Å²) in [6.45, 7) is 1.80. The highest BCUT2D eigenvalue weighted by molar-refractivity contribution is 7.94. The van der Waals surface area contributed by atoms with Gasteiger partial charge in [-0.3, -0.25) is 14.8 Å². The second-order valence-corrected chi connectivity index (χ2v) is 9.11. The highest BCUT2D eigenvalue weighted by atomic mass is 35.5. The van der Waals surface area contributed by atoms with Gasteiger partial charge in [0, 0.05) is 15.6 Å². The van der Waals surface area contributed by atoms with Gasteiger partial charge in [0.05, 0.1) is 5.69 Å². The lowest BCUT2D eigenvalue weighted by Gasteiger charge is -2.06. The number of anilines is 2. The molecule has 0 fully saturated rings. The van der Waals surface area contributed by atoms with Crippen molar-refractivity contribution in [2.45, 2.75) is 11.3 Å². The second-order valence-electron chi connectivity index (χ2n) is 5.41. The van der Waals surface area contributed by atoms with Crippen molar-refractivity contribution in [1.82, 2.24) is 10.2 Å². The van der Waals surface area contributed by atoms with Crippen LogP contribution in [0.2, 0.25) is 10.0 Å². The van der Waals surface area contributed by atoms with E-state index in [1.54, 1.807) is 25.1 Å². The third kappa shape index (κ3) is 4.75. The lowest BCUT2D eigenvalue weighted by molar-refractivity contribution is 0.102. The van der Waals surface area contributed by atoms with Crippen molar-refractivity contribution in [1.29, 1.82) is 0 Å². The number of carbonyl (C=O) groups is 1. The minimum atomic E-state index is -4.01. The molecule has 0 aliphatic carbocycles. The van der Waals surface area contributed by atoms with Crippen LogP contribution in [0.1, 0.15) is 15.9 Å². The lowest BCUT2D eigenvalue weighted by atomic mass is 10.1. The van der Waals surface area contributed by atoms with E-state index >= 15 is 0 Å². The van der Waals surface area contributed by atoms with Gasteiger partial charge in [-0.2, -0.15) is 8.42 Å². The smallest absolute Gasteiger partial charge is 0.291 e. The number of halogens is 2. The molecule has 11 heteroatoms. The Morgan fingerprint density at radius 3 is 2.41 bits per heavy atom. The summed E-state index contributed by atoms with van der Waals surface area (Å²) in [6.07, 6.45) is 0. The van der Waals surface area contributed by atoms with Crippen LogP contribution in [-0.2, 0) is 10.0 Å². The van der Waals surface area contributed by atoms with Gasteiger partial charge >= 0.3 is 0 Å². The number of benzene rings is 2. The van der Waals surface area contributed by atoms with E-state index in [1.165, 1.54) is 18.2 Å². The molecule has 0 saturated heterocycles. The molecule has 0 atom stereocenters. The molecule has 140 valence electrons. The van der Waals surface area contributed by atoms with Crippen molar-refractivity contribution in [3.05, 3.63) is 63.6 Å². The number of nitrogens with one attached hydrogen (secondary N) is 2. The number of aryl methyl sites for hydroxylation is 1. The molecule has 3 rings (SSSR count). The number of aromatic nitrogens is 2. The van der Waals surface area contributed by atoms with Gasteiger partial charge in [-0.1, -0.05) is 52.7 Å². The van der Waals surface area contributed by atoms with Gasteiger partial charge in [-0.25, -0.2) is 0 Å². The summed E-state index contributed by atoms with van der Waals surface area (Å²) in [6, 6.07) is 11.3. The van der Waals surface area contributed by atoms with Gasteiger partial charge in [-0.05, 0) is 36.8 Å². The fraction of sp³-hybridized carbons (Fsp3) is 0.0625. The largest absolute Gasteiger partial charge is 0.296 e. The van der Waals surface area contributed by atoms with Crippen LogP contribution in [0.3, 0.4) is 0 Å². The second kappa shape index (κ2) is 7.81. The van der Waals surface area contributed by atoms with E-state index in [2.05, 4.69) is 20.2 Å². The Kier molecular flexibility index (Phi) is 5.66. The number of hydrogen-bond donors (Lipinski definition) is 2. The van der Waals surface area contributed by atoms with Crippen LogP contribution in [0.5, 0.6) is 0 Å². The van der Waals surface area contributed by atoms with E-state index in [0.29, 0.717) is 5.56 Å². The third-order valence-corrected chi connectivity index (χ3v) is 6.39. The van der Waals surface area contributed by atoms with Crippen LogP contribution in [0.25, 0.3) is 0 Å². The van der Waals surface area contributed by atoms with Crippen molar-refractivity contribution in [2.75, 3.05) is 10.0 Å². The van der Waals surface area contributed by atoms with Crippen LogP contribution in [-0.4, -0.2) is 24.5 Å². The van der Waals surface area contributed by atoms with Gasteiger partial charge in [0.2, 0.25) is 5.13 Å². The summed E-state index contributed by atoms with van der Waals surface area (Å²) in [5.41, 5.74) is 1.43. The summed E-state index contributed by atoms with van der Waals surface area (Å²) in [7, 11) is -4.01. The first kappa shape index (κ1) is 19.6. The maximum Gasteiger partial charge on any atom is 0.291 e. The number of amides is 1. The number of hydrogen-bond acceptors (Lipinski definition) is 6. The Hall–Kier alpha value is -2.20. The van der Waals surface area contributed by atoms with Crippen molar-refractivity contribution >= 4 is 61.3 Å². The highest BCUT2D eigenvalue weighted by Crippen LogP contribution is 2.27. The number of sulfonamides is 1. The molecule has 0 aliphatic rings. The van der Waals surface area contributed by atoms with Gasteiger partial charge < -0.3 is 0 Å². The van der Waals surface area contributed by atoms with E-state index in [4.69, 9.17) is 23.2 Å². The molecule has 1 aromatic heterocycles. The average Bonchev–Trinajstić information content (AvgIpc) is 3.03. The van der Waals surface area contributed by atoms with Gasteiger partial charge in [-0.15, -0.1) is 10.2 Å². The predicted molar refractivity (Wildman–Crippen MR) is 106 cm³/mol. The molecule has 0 saturated carbocycles. The molecule has 0 spiro atoms. The van der Waals surface area contributed by atoms with Crippen molar-refractivity contribution in [2.24, 2.45) is 0 Å². The Labute approximate surface area is 169 Å². The SMILES string of the molecule is Cc1ccccc1C(=O)Nc1nnc(S(=O)(=O)Nc2cc(Cl)cc(Cl)c2)s1. The highest BCUT2D eigenvalue weighted by Gasteiger charge is 2.22. The first-order valence-corrected chi connectivity index (χ1v) is 10.5. The lowest BCUT2D eigenvalue weighted by Crippen LogP contribution is -2.13. The van der Waals surface area contributed by atoms with Crippen LogP contribution >= 0.6 is 34.5 Å². The quantitative estimate of drug-likeness (QED) is 0.576. The Bertz CT molecular complexity index is 1100. The fourth-order valence-electron chi connectivity index (χ4n) is 2.17. The standard InChI is InChI=1S/C16H12Cl2N4O3S2/c1-9-4-2-3-5-13(9)14(23)19-15-20-21-16(26-15)27(24,25)22-12-7-10(17)6-11(18)8-12/h2-8,22H,1H3,(H,19,20,23). The molecule has 27 heavy (non-hydrogen) atoms. The van der Waals surface area contributed by atoms with E-state index in [0.717, 1.165) is 16.9 Å². The average molecular weight is 443 g/mol. The summed E-state index contributed by atoms with van der Waals surface area (Å²) >= 11 is 12.5. The maximum absolute atomic E-state index is 12.4. The van der Waals surface area contributed by atoms with Crippen LogP contribution < -0.4 is 10.0 Å². The van der Waals surface area contributed by atoms with Crippen molar-refractivity contribution in [3.8, 4) is 0 Å². The van der Waals surface area contributed by atoms with Crippen LogP contribution in [0.4, 0.5) is 10.8 Å². The summed E-state index contributed by atoms with van der Waals surface area (Å²) in [5.74, 6) is -0.400. The number of nitrogens with zero attached hydrogens (tertiary/aromatic N) is 2. The summed E-state index contributed by atoms with van der Waals surface area (Å²) in [4.78, 5) is 12.3. The molecule has 1 heterocycles. The molecule has 0 aliphatic heterocycles. The van der Waals surface area contributed by atoms with Gasteiger partial charge in [0.15, 0.2) is 0 Å². The van der Waals surface area contributed by atoms with Crippen LogP contribution in [0.15, 0.2) is 46.8 Å². The fourth-order valence-corrected chi connectivity index (χ4v) is 4.64. The Morgan fingerprint density at radius 1 is 1.07 bits per heavy atom. The zero-order chi connectivity index (χ0) is 19.6. The zero-order valence-corrected chi connectivity index (χ0v) is 16.9. The summed E-state index contributed by atoms with van der Waals surface area (Å²) < 4.78 is 26.9. The Balaban J connectivity index is 1.78. The monoisotopic (exact) mass is 442 g/mol. The minimum absolute atomic E-state index is 0.0627. The molecule has 1 amide bonds. The molecule has 0 radical (unpaired) electrons. The van der Waals surface area contributed by atoms with Crippen molar-refractivity contribution in [3.63, 3.8) is 0 Å². The molecular formula is C16H12Cl2N4O3S2. The molecule has 3 aromatic rings. The topological polar surface area (TPSA) is 101 Å². The normalized spacial score (nSPS) is 11.2. The van der Waals surface area contributed by atoms with Gasteiger partial charge in [0.25, 0.3) is 20.3 Å². The van der Waals surface area contributed by atoms with Crippen molar-refractivity contribution < 1.29 is 13.2 Å². The molecule has 7 nitrogen and oxygen atoms in total. The molecule has 0 bridgehead atoms. The number of rotatable bonds is 5. The molecule has 0 unspecified atom stereocenters. The van der Waals surface area contributed by atoms with E-state index in [-0.39, 0.29) is 25.2 Å². The summed E-state index contributed by atoms with van der Waals surface area (Å²) in [5, 5.41) is 10.5. The molecular weight excluding hydrogens is 431 g/mol. The minimum Gasteiger partial charge on any atom is -0.296 e. The molecule has 2 N–H and O–H groups in total. The first-order chi connectivity index (χ1) is 12.7. The Morgan fingerprint density at radius 2 is 1.74 bits per heavy atom. The van der Waals surface area contributed by atoms with E-state index in [9.17, 15) is 13.2 Å². The van der Waals surface area contributed by atoms with Gasteiger partial charge in [0.1, 0.15) is 0 Å². The number of carbonyl (C=O) groups excluding carboxylic acids is 1. The van der Waals surface area contributed by atoms with Crippen LogP contribution in [0, 0.1) is 6.92 Å². The zero-order valence-electron chi connectivity index (χ0n) is 13.7. The molecule has 2 aromatic carbocycles. The third-order valence-electron chi connectivity index (χ3n) is 3.36. The maximum atomic E-state index is 12.4. The van der Waals surface area contributed by atoms with E-state index in [1.807, 2.05) is 6.07 Å². The predicted octanol–water partition coefficient (Wildman–Crippen LogP) is 4.21. The first-order valence-electron chi connectivity index (χ1n) is 7.44. The van der Waals surface area contributed by atoms with E-state index < -0.39 is 15.9 Å².